The lowest BCUT2D eigenvalue weighted by Gasteiger charge is -2.08. The first-order valence-corrected chi connectivity index (χ1v) is 6.71. The van der Waals surface area contributed by atoms with Crippen molar-refractivity contribution in [2.45, 2.75) is 12.8 Å². The molecule has 2 aromatic rings. The Morgan fingerprint density at radius 2 is 1.73 bits per heavy atom. The van der Waals surface area contributed by atoms with Gasteiger partial charge < -0.3 is 0 Å². The quantitative estimate of drug-likeness (QED) is 0.642. The maximum absolute atomic E-state index is 13.9. The molecule has 0 saturated heterocycles. The topological polar surface area (TPSA) is 0 Å². The number of halogens is 3. The van der Waals surface area contributed by atoms with Gasteiger partial charge in [-0.2, -0.15) is 8.78 Å². The van der Waals surface area contributed by atoms with E-state index < -0.39 is 5.92 Å². The SMILES string of the molecule is Cc1cc2c(s1)-c1sc(Br)cc1C2(F)F. The first-order chi connectivity index (χ1) is 7.00. The van der Waals surface area contributed by atoms with Gasteiger partial charge in [-0.25, -0.2) is 0 Å². The van der Waals surface area contributed by atoms with E-state index in [1.807, 2.05) is 6.92 Å². The van der Waals surface area contributed by atoms with Crippen molar-refractivity contribution in [3.63, 3.8) is 0 Å². The highest BCUT2D eigenvalue weighted by molar-refractivity contribution is 9.11. The van der Waals surface area contributed by atoms with E-state index in [1.165, 1.54) is 28.7 Å². The van der Waals surface area contributed by atoms with Gasteiger partial charge in [-0.3, -0.25) is 0 Å². The maximum Gasteiger partial charge on any atom is 0.301 e. The molecule has 0 nitrogen and oxygen atoms in total. The summed E-state index contributed by atoms with van der Waals surface area (Å²) >= 11 is 6.08. The van der Waals surface area contributed by atoms with E-state index >= 15 is 0 Å². The molecule has 0 fully saturated rings. The second-order valence-electron chi connectivity index (χ2n) is 3.47. The van der Waals surface area contributed by atoms with E-state index in [0.717, 1.165) is 18.4 Å². The summed E-state index contributed by atoms with van der Waals surface area (Å²) in [5.41, 5.74) is 0.333. The van der Waals surface area contributed by atoms with E-state index in [0.29, 0.717) is 0 Å². The summed E-state index contributed by atoms with van der Waals surface area (Å²) in [6.45, 7) is 1.86. The third-order valence-electron chi connectivity index (χ3n) is 2.44. The standard InChI is InChI=1S/C10H5BrF2S2/c1-4-2-5-8(14-4)9-6(10(5,12)13)3-7(11)15-9/h2-3H,1H3. The summed E-state index contributed by atoms with van der Waals surface area (Å²) in [6.07, 6.45) is 0. The van der Waals surface area contributed by atoms with Crippen molar-refractivity contribution < 1.29 is 8.78 Å². The number of rotatable bonds is 0. The number of aryl methyl sites for hydroxylation is 1. The van der Waals surface area contributed by atoms with Crippen LogP contribution in [0.15, 0.2) is 15.9 Å². The summed E-state index contributed by atoms with van der Waals surface area (Å²) in [7, 11) is 0. The van der Waals surface area contributed by atoms with Crippen LogP contribution in [-0.2, 0) is 5.92 Å². The molecular formula is C10H5BrF2S2. The molecule has 0 spiro atoms. The first-order valence-electron chi connectivity index (χ1n) is 4.29. The Kier molecular flexibility index (Phi) is 1.92. The van der Waals surface area contributed by atoms with Crippen LogP contribution in [0.1, 0.15) is 16.0 Å². The predicted molar refractivity (Wildman–Crippen MR) is 63.1 cm³/mol. The molecule has 78 valence electrons. The average Bonchev–Trinajstić information content (AvgIpc) is 2.72. The molecule has 0 saturated carbocycles. The van der Waals surface area contributed by atoms with Crippen molar-refractivity contribution in [1.29, 1.82) is 0 Å². The molecule has 0 aromatic carbocycles. The summed E-state index contributed by atoms with van der Waals surface area (Å²) in [5, 5.41) is 0. The zero-order valence-corrected chi connectivity index (χ0v) is 10.8. The molecule has 2 heterocycles. The van der Waals surface area contributed by atoms with Gasteiger partial charge in [0.05, 0.1) is 13.5 Å². The summed E-state index contributed by atoms with van der Waals surface area (Å²) in [4.78, 5) is 2.40. The lowest BCUT2D eigenvalue weighted by Crippen LogP contribution is -2.09. The van der Waals surface area contributed by atoms with Gasteiger partial charge in [0.2, 0.25) is 0 Å². The Balaban J connectivity index is 2.38. The highest BCUT2D eigenvalue weighted by Gasteiger charge is 2.47. The van der Waals surface area contributed by atoms with Crippen LogP contribution in [-0.4, -0.2) is 0 Å². The fourth-order valence-electron chi connectivity index (χ4n) is 1.82. The van der Waals surface area contributed by atoms with Crippen LogP contribution in [0.4, 0.5) is 8.78 Å². The van der Waals surface area contributed by atoms with Gasteiger partial charge in [-0.1, -0.05) is 0 Å². The third kappa shape index (κ3) is 1.20. The van der Waals surface area contributed by atoms with E-state index in [4.69, 9.17) is 0 Å². The third-order valence-corrected chi connectivity index (χ3v) is 5.29. The van der Waals surface area contributed by atoms with E-state index in [-0.39, 0.29) is 11.1 Å². The Bertz CT molecular complexity index is 506. The smallest absolute Gasteiger partial charge is 0.196 e. The molecule has 0 aliphatic heterocycles. The van der Waals surface area contributed by atoms with Crippen LogP contribution < -0.4 is 0 Å². The zero-order valence-electron chi connectivity index (χ0n) is 7.61. The zero-order chi connectivity index (χ0) is 10.8. The minimum absolute atomic E-state index is 0.153. The molecule has 15 heavy (non-hydrogen) atoms. The summed E-state index contributed by atoms with van der Waals surface area (Å²) in [5.74, 6) is -2.81. The molecule has 0 amide bonds. The van der Waals surface area contributed by atoms with Gasteiger partial charge in [-0.05, 0) is 35.0 Å². The molecule has 2 aromatic heterocycles. The van der Waals surface area contributed by atoms with E-state index in [1.54, 1.807) is 6.07 Å². The van der Waals surface area contributed by atoms with Crippen molar-refractivity contribution in [3.8, 4) is 9.75 Å². The number of alkyl halides is 2. The molecule has 0 N–H and O–H groups in total. The molecule has 1 aliphatic rings. The van der Waals surface area contributed by atoms with Gasteiger partial charge >= 0.3 is 5.92 Å². The van der Waals surface area contributed by atoms with Crippen molar-refractivity contribution in [2.75, 3.05) is 0 Å². The first kappa shape index (κ1) is 9.93. The molecule has 0 unspecified atom stereocenters. The number of thiophene rings is 2. The second kappa shape index (κ2) is 2.90. The van der Waals surface area contributed by atoms with Gasteiger partial charge in [0.1, 0.15) is 0 Å². The van der Waals surface area contributed by atoms with Gasteiger partial charge in [0.15, 0.2) is 0 Å². The van der Waals surface area contributed by atoms with E-state index in [9.17, 15) is 8.78 Å². The number of hydrogen-bond donors (Lipinski definition) is 0. The highest BCUT2D eigenvalue weighted by Crippen LogP contribution is 2.57. The summed E-state index contributed by atoms with van der Waals surface area (Å²) < 4.78 is 28.7. The van der Waals surface area contributed by atoms with Crippen LogP contribution in [0, 0.1) is 6.92 Å². The Hall–Kier alpha value is -0.260. The largest absolute Gasteiger partial charge is 0.301 e. The molecule has 5 heteroatoms. The van der Waals surface area contributed by atoms with Gasteiger partial charge in [0, 0.05) is 16.0 Å². The number of fused-ring (bicyclic) bond motifs is 3. The molecule has 0 atom stereocenters. The highest BCUT2D eigenvalue weighted by atomic mass is 79.9. The van der Waals surface area contributed by atoms with Crippen LogP contribution in [0.3, 0.4) is 0 Å². The Morgan fingerprint density at radius 1 is 1.13 bits per heavy atom. The molecule has 1 aliphatic carbocycles. The van der Waals surface area contributed by atoms with Crippen LogP contribution in [0.25, 0.3) is 9.75 Å². The number of hydrogen-bond acceptors (Lipinski definition) is 2. The fourth-order valence-corrected chi connectivity index (χ4v) is 4.66. The van der Waals surface area contributed by atoms with Crippen LogP contribution in [0.5, 0.6) is 0 Å². The lowest BCUT2D eigenvalue weighted by molar-refractivity contribution is 0.0484. The average molecular weight is 307 g/mol. The lowest BCUT2D eigenvalue weighted by atomic mass is 10.1. The van der Waals surface area contributed by atoms with Gasteiger partial charge in [-0.15, -0.1) is 22.7 Å². The van der Waals surface area contributed by atoms with Gasteiger partial charge in [0.25, 0.3) is 0 Å². The molecular weight excluding hydrogens is 302 g/mol. The summed E-state index contributed by atoms with van der Waals surface area (Å²) in [6, 6.07) is 3.13. The van der Waals surface area contributed by atoms with E-state index in [2.05, 4.69) is 15.9 Å². The molecule has 0 radical (unpaired) electrons. The predicted octanol–water partition coefficient (Wildman–Crippen LogP) is 5.00. The molecule has 0 bridgehead atoms. The van der Waals surface area contributed by atoms with Crippen molar-refractivity contribution >= 4 is 38.6 Å². The van der Waals surface area contributed by atoms with Crippen molar-refractivity contribution in [1.82, 2.24) is 0 Å². The Labute approximate surface area is 102 Å². The monoisotopic (exact) mass is 306 g/mol. The van der Waals surface area contributed by atoms with Crippen molar-refractivity contribution in [2.24, 2.45) is 0 Å². The molecule has 3 rings (SSSR count). The fraction of sp³-hybridized carbons (Fsp3) is 0.200. The minimum Gasteiger partial charge on any atom is -0.196 e. The van der Waals surface area contributed by atoms with Crippen molar-refractivity contribution in [3.05, 3.63) is 31.9 Å². The normalized spacial score (nSPS) is 16.5. The second-order valence-corrected chi connectivity index (χ2v) is 7.16. The minimum atomic E-state index is -2.81. The van der Waals surface area contributed by atoms with Crippen LogP contribution in [0.2, 0.25) is 0 Å². The Morgan fingerprint density at radius 3 is 2.47 bits per heavy atom. The maximum atomic E-state index is 13.9. The van der Waals surface area contributed by atoms with Crippen LogP contribution >= 0.6 is 38.6 Å².